The Morgan fingerprint density at radius 1 is 0.935 bits per heavy atom. The van der Waals surface area contributed by atoms with Gasteiger partial charge in [0.2, 0.25) is 0 Å². The van der Waals surface area contributed by atoms with Gasteiger partial charge in [-0.15, -0.1) is 0 Å². The maximum absolute atomic E-state index is 12.2. The van der Waals surface area contributed by atoms with Crippen LogP contribution in [0.3, 0.4) is 0 Å². The van der Waals surface area contributed by atoms with Gasteiger partial charge in [0.15, 0.2) is 0 Å². The molecule has 4 nitrogen and oxygen atoms in total. The fraction of sp³-hybridized carbons (Fsp3) is 0.963. The van der Waals surface area contributed by atoms with Crippen molar-refractivity contribution in [3.63, 3.8) is 0 Å². The predicted molar refractivity (Wildman–Crippen MR) is 122 cm³/mol. The van der Waals surface area contributed by atoms with Gasteiger partial charge in [0.05, 0.1) is 6.10 Å². The Hall–Kier alpha value is -0.610. The Labute approximate surface area is 189 Å². The van der Waals surface area contributed by atoms with Crippen molar-refractivity contribution in [2.24, 2.45) is 46.3 Å². The average molecular weight is 435 g/mol. The van der Waals surface area contributed by atoms with Crippen LogP contribution in [-0.4, -0.2) is 28.1 Å². The molecule has 0 saturated heterocycles. The molecule has 0 aliphatic heterocycles. The largest absolute Gasteiger partial charge is 0.459 e. The Morgan fingerprint density at radius 3 is 2.35 bits per heavy atom. The summed E-state index contributed by atoms with van der Waals surface area (Å²) in [5.41, 5.74) is 0.814. The summed E-state index contributed by atoms with van der Waals surface area (Å²) in [5.74, 6) is 0.670. The topological polar surface area (TPSA) is 66.8 Å². The minimum atomic E-state index is -2.39. The van der Waals surface area contributed by atoms with Gasteiger partial charge in [-0.05, 0) is 112 Å². The predicted octanol–water partition coefficient (Wildman–Crippen LogP) is 5.69. The van der Waals surface area contributed by atoms with Crippen molar-refractivity contribution in [1.82, 2.24) is 0 Å². The van der Waals surface area contributed by atoms with Gasteiger partial charge in [-0.25, -0.2) is 4.79 Å². The van der Waals surface area contributed by atoms with Gasteiger partial charge in [0.1, 0.15) is 0 Å². The number of aliphatic hydroxyl groups is 2. The SMILES string of the molecule is CC(C)OC(=O)C(O)(O)CC(C)[C@H]1CC[C@H]2[C@@H]3CC[C@@H]4CCCC[C@]4(C)[C@H]3CC[C@]12C. The molecule has 4 heteroatoms. The summed E-state index contributed by atoms with van der Waals surface area (Å²) in [6, 6.07) is 0. The molecule has 0 spiro atoms. The number of hydrogen-bond donors (Lipinski definition) is 2. The third-order valence-corrected chi connectivity index (χ3v) is 10.6. The first-order chi connectivity index (χ1) is 14.5. The summed E-state index contributed by atoms with van der Waals surface area (Å²) in [6.07, 6.45) is 13.3. The summed E-state index contributed by atoms with van der Waals surface area (Å²) in [6.45, 7) is 10.7. The van der Waals surface area contributed by atoms with E-state index in [0.717, 1.165) is 30.1 Å². The van der Waals surface area contributed by atoms with Crippen LogP contribution < -0.4 is 0 Å². The molecule has 8 atom stereocenters. The number of rotatable bonds is 5. The molecular formula is C27H46O4. The third-order valence-electron chi connectivity index (χ3n) is 10.6. The van der Waals surface area contributed by atoms with Crippen molar-refractivity contribution in [2.45, 2.75) is 117 Å². The second-order valence-electron chi connectivity index (χ2n) is 12.6. The first kappa shape index (κ1) is 23.5. The van der Waals surface area contributed by atoms with E-state index in [1.807, 2.05) is 0 Å². The van der Waals surface area contributed by atoms with E-state index in [1.165, 1.54) is 57.8 Å². The number of fused-ring (bicyclic) bond motifs is 5. The zero-order chi connectivity index (χ0) is 22.6. The second kappa shape index (κ2) is 8.31. The highest BCUT2D eigenvalue weighted by Crippen LogP contribution is 2.68. The van der Waals surface area contributed by atoms with E-state index < -0.39 is 11.8 Å². The van der Waals surface area contributed by atoms with Gasteiger partial charge in [0, 0.05) is 6.42 Å². The lowest BCUT2D eigenvalue weighted by Crippen LogP contribution is -2.53. The average Bonchev–Trinajstić information content (AvgIpc) is 3.04. The molecule has 2 N–H and O–H groups in total. The third kappa shape index (κ3) is 3.98. The van der Waals surface area contributed by atoms with Crippen LogP contribution in [0.25, 0.3) is 0 Å². The van der Waals surface area contributed by atoms with Gasteiger partial charge >= 0.3 is 5.97 Å². The van der Waals surface area contributed by atoms with E-state index in [1.54, 1.807) is 13.8 Å². The summed E-state index contributed by atoms with van der Waals surface area (Å²) in [7, 11) is 0. The highest BCUT2D eigenvalue weighted by molar-refractivity contribution is 5.77. The number of carbonyl (C=O) groups excluding carboxylic acids is 1. The van der Waals surface area contributed by atoms with E-state index in [-0.39, 0.29) is 23.9 Å². The Bertz CT molecular complexity index is 672. The monoisotopic (exact) mass is 434 g/mol. The van der Waals surface area contributed by atoms with Crippen molar-refractivity contribution < 1.29 is 19.7 Å². The first-order valence-corrected chi connectivity index (χ1v) is 13.1. The highest BCUT2D eigenvalue weighted by Gasteiger charge is 2.60. The molecule has 0 heterocycles. The second-order valence-corrected chi connectivity index (χ2v) is 12.6. The van der Waals surface area contributed by atoms with Crippen molar-refractivity contribution in [3.05, 3.63) is 0 Å². The standard InChI is InChI=1S/C27H46O4/c1-17(2)31-24(28)27(29,30)16-18(3)21-11-12-22-20-10-9-19-8-6-7-14-25(19,4)23(20)13-15-26(21,22)5/h17-23,29-30H,6-16H2,1-5H3/t18?,19-,20-,21+,22-,23-,25-,26+/m0/s1. The molecule has 0 radical (unpaired) electrons. The fourth-order valence-electron chi connectivity index (χ4n) is 9.25. The van der Waals surface area contributed by atoms with Crippen LogP contribution in [0.15, 0.2) is 0 Å². The molecule has 0 aromatic rings. The summed E-state index contributed by atoms with van der Waals surface area (Å²) < 4.78 is 5.10. The fourth-order valence-corrected chi connectivity index (χ4v) is 9.25. The van der Waals surface area contributed by atoms with E-state index in [2.05, 4.69) is 20.8 Å². The van der Waals surface area contributed by atoms with E-state index in [4.69, 9.17) is 4.74 Å². The molecule has 4 fully saturated rings. The molecule has 0 aromatic heterocycles. The van der Waals surface area contributed by atoms with Crippen molar-refractivity contribution >= 4 is 5.97 Å². The van der Waals surface area contributed by atoms with Crippen LogP contribution in [0.1, 0.15) is 105 Å². The van der Waals surface area contributed by atoms with Crippen molar-refractivity contribution in [3.8, 4) is 0 Å². The maximum Gasteiger partial charge on any atom is 0.366 e. The van der Waals surface area contributed by atoms with Crippen molar-refractivity contribution in [1.29, 1.82) is 0 Å². The quantitative estimate of drug-likeness (QED) is 0.431. The number of hydrogen-bond acceptors (Lipinski definition) is 4. The number of carbonyl (C=O) groups is 1. The molecule has 4 aliphatic rings. The molecule has 4 aliphatic carbocycles. The van der Waals surface area contributed by atoms with Gasteiger partial charge < -0.3 is 14.9 Å². The molecule has 0 amide bonds. The van der Waals surface area contributed by atoms with E-state index in [0.29, 0.717) is 11.3 Å². The zero-order valence-corrected chi connectivity index (χ0v) is 20.5. The molecule has 0 bridgehead atoms. The van der Waals surface area contributed by atoms with Crippen LogP contribution in [0.5, 0.6) is 0 Å². The van der Waals surface area contributed by atoms with E-state index >= 15 is 0 Å². The lowest BCUT2D eigenvalue weighted by atomic mass is 9.44. The maximum atomic E-state index is 12.2. The zero-order valence-electron chi connectivity index (χ0n) is 20.5. The van der Waals surface area contributed by atoms with Crippen LogP contribution in [0.4, 0.5) is 0 Å². The van der Waals surface area contributed by atoms with Crippen LogP contribution in [0.2, 0.25) is 0 Å². The summed E-state index contributed by atoms with van der Waals surface area (Å²) in [4.78, 5) is 12.2. The minimum Gasteiger partial charge on any atom is -0.459 e. The lowest BCUT2D eigenvalue weighted by Gasteiger charge is -2.61. The van der Waals surface area contributed by atoms with Gasteiger partial charge in [-0.2, -0.15) is 0 Å². The molecular weight excluding hydrogens is 388 g/mol. The van der Waals surface area contributed by atoms with Crippen LogP contribution >= 0.6 is 0 Å². The Morgan fingerprint density at radius 2 is 1.65 bits per heavy atom. The lowest BCUT2D eigenvalue weighted by molar-refractivity contribution is -0.220. The van der Waals surface area contributed by atoms with Gasteiger partial charge in [0.25, 0.3) is 5.79 Å². The molecule has 1 unspecified atom stereocenters. The smallest absolute Gasteiger partial charge is 0.366 e. The van der Waals surface area contributed by atoms with Gasteiger partial charge in [-0.1, -0.05) is 33.6 Å². The van der Waals surface area contributed by atoms with Gasteiger partial charge in [-0.3, -0.25) is 0 Å². The molecule has 4 rings (SSSR count). The van der Waals surface area contributed by atoms with Crippen LogP contribution in [-0.2, 0) is 9.53 Å². The minimum absolute atomic E-state index is 0.0689. The Kier molecular flexibility index (Phi) is 6.31. The molecule has 178 valence electrons. The van der Waals surface area contributed by atoms with Crippen LogP contribution in [0, 0.1) is 46.3 Å². The molecule has 31 heavy (non-hydrogen) atoms. The summed E-state index contributed by atoms with van der Waals surface area (Å²) in [5, 5.41) is 20.9. The van der Waals surface area contributed by atoms with E-state index in [9.17, 15) is 15.0 Å². The highest BCUT2D eigenvalue weighted by atomic mass is 16.6. The first-order valence-electron chi connectivity index (χ1n) is 13.1. The number of ether oxygens (including phenoxy) is 1. The molecule has 0 aromatic carbocycles. The Balaban J connectivity index is 1.48. The number of esters is 1. The summed E-state index contributed by atoms with van der Waals surface area (Å²) >= 11 is 0. The van der Waals surface area contributed by atoms with Crippen molar-refractivity contribution in [2.75, 3.05) is 0 Å². The normalized spacial score (nSPS) is 43.7. The molecule has 4 saturated carbocycles.